The Hall–Kier alpha value is -3.43. The fraction of sp³-hybridized carbons (Fsp3) is 0.545. The second-order valence-electron chi connectivity index (χ2n) is 11.3. The number of nitrogens with one attached hydrogen (secondary N) is 1. The lowest BCUT2D eigenvalue weighted by molar-refractivity contribution is -0.143. The highest BCUT2D eigenvalue weighted by molar-refractivity contribution is 5.91. The van der Waals surface area contributed by atoms with Gasteiger partial charge in [0.1, 0.15) is 11.9 Å². The van der Waals surface area contributed by atoms with Crippen LogP contribution in [0, 0.1) is 5.92 Å². The number of nitrogens with zero attached hydrogens (tertiary/aromatic N) is 2. The molecule has 2 aromatic carbocycles. The van der Waals surface area contributed by atoms with Gasteiger partial charge in [-0.3, -0.25) is 19.3 Å². The first-order chi connectivity index (χ1) is 20.2. The molecule has 1 aliphatic rings. The second kappa shape index (κ2) is 16.9. The number of fused-ring (bicyclic) bond motifs is 1. The normalized spacial score (nSPS) is 17.9. The minimum Gasteiger partial charge on any atom is -0.488 e. The zero-order valence-electron chi connectivity index (χ0n) is 25.5. The van der Waals surface area contributed by atoms with Crippen LogP contribution in [-0.4, -0.2) is 78.2 Å². The molecule has 0 aliphatic carbocycles. The highest BCUT2D eigenvalue weighted by Gasteiger charge is 2.31. The summed E-state index contributed by atoms with van der Waals surface area (Å²) in [6, 6.07) is 15.4. The number of hydrogen-bond acceptors (Lipinski definition) is 7. The molecule has 0 bridgehead atoms. The van der Waals surface area contributed by atoms with Crippen molar-refractivity contribution in [3.8, 4) is 5.75 Å². The maximum Gasteiger partial charge on any atom is 0.305 e. The Morgan fingerprint density at radius 1 is 1.14 bits per heavy atom. The predicted octanol–water partition coefficient (Wildman–Crippen LogP) is 4.42. The van der Waals surface area contributed by atoms with Crippen LogP contribution in [0.1, 0.15) is 64.0 Å². The average Bonchev–Trinajstić information content (AvgIpc) is 3.00. The molecule has 0 spiro atoms. The summed E-state index contributed by atoms with van der Waals surface area (Å²) in [6.45, 7) is 7.86. The highest BCUT2D eigenvalue weighted by Crippen LogP contribution is 2.29. The number of aliphatic hydroxyl groups excluding tert-OH is 1. The van der Waals surface area contributed by atoms with E-state index in [1.165, 1.54) is 5.56 Å². The van der Waals surface area contributed by atoms with Crippen molar-refractivity contribution in [2.24, 2.45) is 5.92 Å². The molecule has 9 heteroatoms. The van der Waals surface area contributed by atoms with Crippen LogP contribution >= 0.6 is 0 Å². The highest BCUT2D eigenvalue weighted by atomic mass is 16.5. The Morgan fingerprint density at radius 3 is 2.60 bits per heavy atom. The lowest BCUT2D eigenvalue weighted by Gasteiger charge is -2.34. The van der Waals surface area contributed by atoms with Crippen molar-refractivity contribution in [3.63, 3.8) is 0 Å². The zero-order valence-corrected chi connectivity index (χ0v) is 25.5. The summed E-state index contributed by atoms with van der Waals surface area (Å²) in [7, 11) is 2.06. The van der Waals surface area contributed by atoms with Crippen LogP contribution in [0.5, 0.6) is 5.75 Å². The fourth-order valence-electron chi connectivity index (χ4n) is 5.18. The number of unbranched alkanes of at least 4 members (excludes halogenated alkanes) is 2. The van der Waals surface area contributed by atoms with Gasteiger partial charge < -0.3 is 24.8 Å². The molecule has 2 amide bonds. The van der Waals surface area contributed by atoms with E-state index in [4.69, 9.17) is 9.47 Å². The molecule has 1 aliphatic heterocycles. The smallest absolute Gasteiger partial charge is 0.305 e. The molecule has 0 fully saturated rings. The maximum absolute atomic E-state index is 13.5. The van der Waals surface area contributed by atoms with Crippen LogP contribution in [-0.2, 0) is 32.1 Å². The van der Waals surface area contributed by atoms with Gasteiger partial charge >= 0.3 is 5.97 Å². The SMILES string of the molecule is CCOC(=O)CCCCCC(=O)Nc1ccc2c(c1)CC(=O)N([C@@H](C)CO)C[C@H](C)[C@@H](CN(C)Cc1ccccc1)O2. The molecule has 9 nitrogen and oxygen atoms in total. The molecule has 0 saturated carbocycles. The van der Waals surface area contributed by atoms with Gasteiger partial charge in [0.05, 0.1) is 25.7 Å². The van der Waals surface area contributed by atoms with Crippen molar-refractivity contribution in [2.45, 2.75) is 78.0 Å². The van der Waals surface area contributed by atoms with Crippen molar-refractivity contribution < 1.29 is 29.0 Å². The minimum absolute atomic E-state index is 0.00957. The average molecular weight is 582 g/mol. The van der Waals surface area contributed by atoms with E-state index in [0.29, 0.717) is 62.4 Å². The third-order valence-electron chi connectivity index (χ3n) is 7.58. The first-order valence-electron chi connectivity index (χ1n) is 15.1. The van der Waals surface area contributed by atoms with Gasteiger partial charge in [0.15, 0.2) is 0 Å². The number of carbonyl (C=O) groups excluding carboxylic acids is 3. The lowest BCUT2D eigenvalue weighted by atomic mass is 10.0. The van der Waals surface area contributed by atoms with Gasteiger partial charge in [-0.1, -0.05) is 43.7 Å². The van der Waals surface area contributed by atoms with E-state index < -0.39 is 0 Å². The van der Waals surface area contributed by atoms with Crippen LogP contribution in [0.25, 0.3) is 0 Å². The molecular weight excluding hydrogens is 534 g/mol. The molecule has 1 heterocycles. The van der Waals surface area contributed by atoms with E-state index >= 15 is 0 Å². The molecule has 0 aromatic heterocycles. The van der Waals surface area contributed by atoms with Crippen molar-refractivity contribution in [1.29, 1.82) is 0 Å². The summed E-state index contributed by atoms with van der Waals surface area (Å²) in [5.74, 6) is 0.225. The van der Waals surface area contributed by atoms with E-state index in [-0.39, 0.29) is 48.9 Å². The quantitative estimate of drug-likeness (QED) is 0.251. The number of benzene rings is 2. The molecule has 0 radical (unpaired) electrons. The standard InChI is InChI=1S/C33H47N3O6/c1-5-41-33(40)15-11-7-10-14-31(38)34-28-16-17-29-27(18-28)19-32(39)36(25(3)23-37)20-24(2)30(42-29)22-35(4)21-26-12-8-6-9-13-26/h6,8-9,12-13,16-18,24-25,30,37H,5,7,10-11,14-15,19-23H2,1-4H3,(H,34,38)/t24-,25-,30+/m0/s1. The van der Waals surface area contributed by atoms with Crippen molar-refractivity contribution >= 4 is 23.5 Å². The number of amides is 2. The molecule has 0 unspecified atom stereocenters. The predicted molar refractivity (Wildman–Crippen MR) is 163 cm³/mol. The molecule has 0 saturated heterocycles. The van der Waals surface area contributed by atoms with Gasteiger partial charge in [0.2, 0.25) is 11.8 Å². The van der Waals surface area contributed by atoms with Gasteiger partial charge in [-0.05, 0) is 57.5 Å². The first kappa shape index (κ1) is 33.1. The molecule has 42 heavy (non-hydrogen) atoms. The second-order valence-corrected chi connectivity index (χ2v) is 11.3. The number of ether oxygens (including phenoxy) is 2. The Kier molecular flexibility index (Phi) is 13.3. The van der Waals surface area contributed by atoms with E-state index in [9.17, 15) is 19.5 Å². The Balaban J connectivity index is 1.71. The summed E-state index contributed by atoms with van der Waals surface area (Å²) in [4.78, 5) is 41.5. The molecular formula is C33H47N3O6. The van der Waals surface area contributed by atoms with Crippen LogP contribution < -0.4 is 10.1 Å². The van der Waals surface area contributed by atoms with Crippen molar-refractivity contribution in [3.05, 3.63) is 59.7 Å². The van der Waals surface area contributed by atoms with E-state index in [0.717, 1.165) is 13.0 Å². The monoisotopic (exact) mass is 581 g/mol. The largest absolute Gasteiger partial charge is 0.488 e. The number of hydrogen-bond donors (Lipinski definition) is 2. The van der Waals surface area contributed by atoms with Gasteiger partial charge in [-0.25, -0.2) is 0 Å². The van der Waals surface area contributed by atoms with Crippen LogP contribution in [0.15, 0.2) is 48.5 Å². The number of esters is 1. The molecule has 3 rings (SSSR count). The van der Waals surface area contributed by atoms with E-state index in [1.54, 1.807) is 11.8 Å². The molecule has 230 valence electrons. The lowest BCUT2D eigenvalue weighted by Crippen LogP contribution is -2.47. The summed E-state index contributed by atoms with van der Waals surface area (Å²) in [5, 5.41) is 12.8. The molecule has 2 N–H and O–H groups in total. The van der Waals surface area contributed by atoms with Gasteiger partial charge in [-0.15, -0.1) is 0 Å². The summed E-state index contributed by atoms with van der Waals surface area (Å²) in [6.07, 6.45) is 2.72. The van der Waals surface area contributed by atoms with Crippen LogP contribution in [0.4, 0.5) is 5.69 Å². The Morgan fingerprint density at radius 2 is 1.88 bits per heavy atom. The van der Waals surface area contributed by atoms with Crippen LogP contribution in [0.2, 0.25) is 0 Å². The zero-order chi connectivity index (χ0) is 30.5. The maximum atomic E-state index is 13.5. The number of anilines is 1. The van der Waals surface area contributed by atoms with Crippen LogP contribution in [0.3, 0.4) is 0 Å². The Bertz CT molecular complexity index is 1160. The summed E-state index contributed by atoms with van der Waals surface area (Å²) in [5.41, 5.74) is 2.52. The third kappa shape index (κ3) is 10.4. The third-order valence-corrected chi connectivity index (χ3v) is 7.58. The van der Waals surface area contributed by atoms with Crippen molar-refractivity contribution in [2.75, 3.05) is 38.7 Å². The minimum atomic E-state index is -0.323. The van der Waals surface area contributed by atoms with Gasteiger partial charge in [-0.2, -0.15) is 0 Å². The summed E-state index contributed by atoms with van der Waals surface area (Å²) >= 11 is 0. The molecule has 2 aromatic rings. The first-order valence-corrected chi connectivity index (χ1v) is 15.1. The molecule has 3 atom stereocenters. The fourth-order valence-corrected chi connectivity index (χ4v) is 5.18. The van der Waals surface area contributed by atoms with Gasteiger partial charge in [0.25, 0.3) is 0 Å². The van der Waals surface area contributed by atoms with E-state index in [2.05, 4.69) is 36.3 Å². The van der Waals surface area contributed by atoms with Crippen molar-refractivity contribution in [1.82, 2.24) is 9.80 Å². The summed E-state index contributed by atoms with van der Waals surface area (Å²) < 4.78 is 11.5. The van der Waals surface area contributed by atoms with Gasteiger partial charge in [0, 0.05) is 49.6 Å². The van der Waals surface area contributed by atoms with E-state index in [1.807, 2.05) is 43.3 Å². The number of carbonyl (C=O) groups is 3. The number of likely N-dealkylation sites (N-methyl/N-ethyl adjacent to an activating group) is 1. The topological polar surface area (TPSA) is 108 Å². The number of aliphatic hydroxyl groups is 1. The number of rotatable bonds is 14. The Labute approximate surface area is 250 Å².